The van der Waals surface area contributed by atoms with Gasteiger partial charge in [0.2, 0.25) is 5.91 Å². The highest BCUT2D eigenvalue weighted by Gasteiger charge is 2.27. The fourth-order valence-electron chi connectivity index (χ4n) is 5.39. The summed E-state index contributed by atoms with van der Waals surface area (Å²) in [5.74, 6) is -0.183. The third-order valence-electron chi connectivity index (χ3n) is 8.51. The number of phosphoric ester groups is 1. The van der Waals surface area contributed by atoms with E-state index in [0.29, 0.717) is 17.4 Å². The quantitative estimate of drug-likeness (QED) is 0.0272. The second kappa shape index (κ2) is 30.3. The van der Waals surface area contributed by atoms with Gasteiger partial charge in [0.1, 0.15) is 13.2 Å². The van der Waals surface area contributed by atoms with Crippen LogP contribution in [0.4, 0.5) is 0 Å². The summed E-state index contributed by atoms with van der Waals surface area (Å²) in [5.41, 5.74) is 0. The summed E-state index contributed by atoms with van der Waals surface area (Å²) in [7, 11) is 1.57. The molecular formula is C37H76N2O6P+. The van der Waals surface area contributed by atoms with Crippen LogP contribution in [0.1, 0.15) is 168 Å². The molecule has 0 saturated heterocycles. The maximum atomic E-state index is 12.7. The van der Waals surface area contributed by atoms with Gasteiger partial charge in [-0.05, 0) is 19.3 Å². The Hall–Kier alpha value is -0.760. The van der Waals surface area contributed by atoms with Gasteiger partial charge in [0.25, 0.3) is 0 Å². The molecule has 3 N–H and O–H groups in total. The van der Waals surface area contributed by atoms with E-state index < -0.39 is 20.0 Å². The van der Waals surface area contributed by atoms with E-state index in [4.69, 9.17) is 9.05 Å². The van der Waals surface area contributed by atoms with Gasteiger partial charge in [-0.15, -0.1) is 0 Å². The summed E-state index contributed by atoms with van der Waals surface area (Å²) in [6.07, 6.45) is 31.4. The lowest BCUT2D eigenvalue weighted by molar-refractivity contribution is -0.870. The van der Waals surface area contributed by atoms with Gasteiger partial charge in [-0.2, -0.15) is 0 Å². The zero-order valence-corrected chi connectivity index (χ0v) is 31.7. The van der Waals surface area contributed by atoms with Crippen LogP contribution >= 0.6 is 7.82 Å². The third-order valence-corrected chi connectivity index (χ3v) is 9.49. The van der Waals surface area contributed by atoms with Crippen molar-refractivity contribution in [3.63, 3.8) is 0 Å². The first-order chi connectivity index (χ1) is 22.0. The van der Waals surface area contributed by atoms with E-state index in [1.165, 1.54) is 109 Å². The largest absolute Gasteiger partial charge is 0.472 e. The molecular weight excluding hydrogens is 599 g/mol. The van der Waals surface area contributed by atoms with Crippen molar-refractivity contribution in [1.29, 1.82) is 0 Å². The van der Waals surface area contributed by atoms with Crippen LogP contribution in [-0.2, 0) is 18.4 Å². The lowest BCUT2D eigenvalue weighted by Gasteiger charge is -2.25. The Morgan fingerprint density at radius 1 is 0.717 bits per heavy atom. The molecule has 0 fully saturated rings. The molecule has 8 nitrogen and oxygen atoms in total. The second-order valence-corrected chi connectivity index (χ2v) is 15.8. The van der Waals surface area contributed by atoms with Gasteiger partial charge >= 0.3 is 7.82 Å². The average Bonchev–Trinajstić information content (AvgIpc) is 2.99. The first kappa shape index (κ1) is 45.2. The molecule has 0 aromatic carbocycles. The minimum atomic E-state index is -4.32. The van der Waals surface area contributed by atoms with E-state index in [0.717, 1.165) is 38.5 Å². The summed E-state index contributed by atoms with van der Waals surface area (Å²) in [5, 5.41) is 13.7. The number of rotatable bonds is 34. The maximum absolute atomic E-state index is 12.7. The van der Waals surface area contributed by atoms with Crippen LogP contribution < -0.4 is 5.32 Å². The van der Waals surface area contributed by atoms with Crippen molar-refractivity contribution in [2.24, 2.45) is 0 Å². The zero-order valence-electron chi connectivity index (χ0n) is 30.8. The van der Waals surface area contributed by atoms with Gasteiger partial charge in [-0.25, -0.2) is 4.57 Å². The van der Waals surface area contributed by atoms with Gasteiger partial charge in [-0.1, -0.05) is 154 Å². The van der Waals surface area contributed by atoms with Crippen molar-refractivity contribution in [1.82, 2.24) is 5.32 Å². The number of carbonyl (C=O) groups is 1. The maximum Gasteiger partial charge on any atom is 0.472 e. The Kier molecular flexibility index (Phi) is 29.8. The number of hydrogen-bond acceptors (Lipinski definition) is 5. The SMILES string of the molecule is CCCCCCCCCCCCCCCC/C=C/[C@@H](O)[C@H](COP(=O)(O)OCC[N+](C)(C)C)NC(=O)CCCCCCCCCC. The fourth-order valence-corrected chi connectivity index (χ4v) is 6.13. The number of nitrogens with zero attached hydrogens (tertiary/aromatic N) is 1. The Bertz CT molecular complexity index is 773. The summed E-state index contributed by atoms with van der Waals surface area (Å²) in [6, 6.07) is -0.836. The van der Waals surface area contributed by atoms with E-state index in [1.54, 1.807) is 6.08 Å². The highest BCUT2D eigenvalue weighted by molar-refractivity contribution is 7.47. The molecule has 0 aliphatic rings. The Morgan fingerprint density at radius 2 is 1.15 bits per heavy atom. The molecule has 0 heterocycles. The van der Waals surface area contributed by atoms with Gasteiger partial charge in [0.05, 0.1) is 39.9 Å². The number of likely N-dealkylation sites (N-methyl/N-ethyl adjacent to an activating group) is 1. The smallest absolute Gasteiger partial charge is 0.387 e. The number of carbonyl (C=O) groups excluding carboxylic acids is 1. The molecule has 0 radical (unpaired) electrons. The summed E-state index contributed by atoms with van der Waals surface area (Å²) >= 11 is 0. The van der Waals surface area contributed by atoms with Crippen LogP contribution in [0.25, 0.3) is 0 Å². The Morgan fingerprint density at radius 3 is 1.61 bits per heavy atom. The number of allylic oxidation sites excluding steroid dienone is 1. The van der Waals surface area contributed by atoms with Crippen LogP contribution in [0.15, 0.2) is 12.2 Å². The number of hydrogen-bond donors (Lipinski definition) is 3. The first-order valence-corrected chi connectivity index (χ1v) is 20.6. The lowest BCUT2D eigenvalue weighted by Crippen LogP contribution is -2.45. The normalized spacial score (nSPS) is 14.8. The zero-order chi connectivity index (χ0) is 34.4. The van der Waals surface area contributed by atoms with Crippen molar-refractivity contribution in [2.45, 2.75) is 180 Å². The van der Waals surface area contributed by atoms with Crippen LogP contribution in [-0.4, -0.2) is 73.4 Å². The van der Waals surface area contributed by atoms with E-state index in [9.17, 15) is 19.4 Å². The number of nitrogens with one attached hydrogen (secondary N) is 1. The van der Waals surface area contributed by atoms with Gasteiger partial charge in [0, 0.05) is 6.42 Å². The number of amides is 1. The first-order valence-electron chi connectivity index (χ1n) is 19.1. The number of aliphatic hydroxyl groups excluding tert-OH is 1. The van der Waals surface area contributed by atoms with Crippen LogP contribution in [0.5, 0.6) is 0 Å². The molecule has 1 amide bonds. The molecule has 274 valence electrons. The Balaban J connectivity index is 4.47. The van der Waals surface area contributed by atoms with Gasteiger partial charge in [-0.3, -0.25) is 13.8 Å². The topological polar surface area (TPSA) is 105 Å². The second-order valence-electron chi connectivity index (χ2n) is 14.3. The number of unbranched alkanes of at least 4 members (excludes halogenated alkanes) is 21. The predicted octanol–water partition coefficient (Wildman–Crippen LogP) is 9.63. The molecule has 0 rings (SSSR count). The van der Waals surface area contributed by atoms with Crippen molar-refractivity contribution >= 4 is 13.7 Å². The van der Waals surface area contributed by atoms with Crippen molar-refractivity contribution in [3.8, 4) is 0 Å². The molecule has 0 saturated carbocycles. The molecule has 1 unspecified atom stereocenters. The molecule has 0 spiro atoms. The van der Waals surface area contributed by atoms with E-state index in [-0.39, 0.29) is 19.1 Å². The van der Waals surface area contributed by atoms with Gasteiger partial charge in [0.15, 0.2) is 0 Å². The molecule has 0 bridgehead atoms. The van der Waals surface area contributed by atoms with Crippen LogP contribution in [0, 0.1) is 0 Å². The van der Waals surface area contributed by atoms with E-state index in [1.807, 2.05) is 27.2 Å². The molecule has 0 aliphatic heterocycles. The van der Waals surface area contributed by atoms with Gasteiger partial charge < -0.3 is 19.8 Å². The lowest BCUT2D eigenvalue weighted by atomic mass is 10.0. The van der Waals surface area contributed by atoms with Crippen LogP contribution in [0.2, 0.25) is 0 Å². The molecule has 0 aromatic heterocycles. The van der Waals surface area contributed by atoms with Crippen molar-refractivity contribution < 1.29 is 32.9 Å². The fraction of sp³-hybridized carbons (Fsp3) is 0.919. The minimum Gasteiger partial charge on any atom is -0.387 e. The predicted molar refractivity (Wildman–Crippen MR) is 194 cm³/mol. The number of phosphoric acid groups is 1. The average molecular weight is 676 g/mol. The standard InChI is InChI=1S/C37H75N2O6P/c1-6-8-10-12-14-16-17-18-19-20-21-22-23-24-26-28-30-36(40)35(34-45-46(42,43)44-33-32-39(3,4)5)38-37(41)31-29-27-25-15-13-11-9-7-2/h28,30,35-36,40H,6-27,29,31-34H2,1-5H3,(H-,38,41,42,43)/p+1/b30-28+/t35-,36+/m0/s1. The molecule has 0 aromatic rings. The number of aliphatic hydroxyl groups is 1. The van der Waals surface area contributed by atoms with Crippen LogP contribution in [0.3, 0.4) is 0 Å². The highest BCUT2D eigenvalue weighted by atomic mass is 31.2. The molecule has 9 heteroatoms. The highest BCUT2D eigenvalue weighted by Crippen LogP contribution is 2.43. The summed E-state index contributed by atoms with van der Waals surface area (Å²) in [6.45, 7) is 4.77. The monoisotopic (exact) mass is 676 g/mol. The van der Waals surface area contributed by atoms with E-state index >= 15 is 0 Å². The summed E-state index contributed by atoms with van der Waals surface area (Å²) in [4.78, 5) is 22.9. The molecule has 0 aliphatic carbocycles. The number of quaternary nitrogens is 1. The van der Waals surface area contributed by atoms with Crippen molar-refractivity contribution in [2.75, 3.05) is 40.9 Å². The molecule has 3 atom stereocenters. The molecule has 46 heavy (non-hydrogen) atoms. The Labute approximate surface area is 284 Å². The van der Waals surface area contributed by atoms with E-state index in [2.05, 4.69) is 19.2 Å². The third kappa shape index (κ3) is 31.8. The summed E-state index contributed by atoms with van der Waals surface area (Å²) < 4.78 is 23.4. The van der Waals surface area contributed by atoms with Crippen molar-refractivity contribution in [3.05, 3.63) is 12.2 Å². The minimum absolute atomic E-state index is 0.0639.